The summed E-state index contributed by atoms with van der Waals surface area (Å²) in [5.41, 5.74) is 3.58. The van der Waals surface area contributed by atoms with Crippen LogP contribution < -0.4 is 0 Å². The van der Waals surface area contributed by atoms with Crippen molar-refractivity contribution in [1.29, 1.82) is 0 Å². The van der Waals surface area contributed by atoms with Crippen LogP contribution in [0.3, 0.4) is 0 Å². The van der Waals surface area contributed by atoms with Gasteiger partial charge >= 0.3 is 0 Å². The molecule has 0 unspecified atom stereocenters. The topological polar surface area (TPSA) is 52.7 Å². The van der Waals surface area contributed by atoms with Gasteiger partial charge in [-0.2, -0.15) is 14.9 Å². The predicted octanol–water partition coefficient (Wildman–Crippen LogP) is 3.79. The van der Waals surface area contributed by atoms with Gasteiger partial charge in [0.2, 0.25) is 0 Å². The molecule has 0 saturated carbocycles. The number of thiophene rings is 1. The second kappa shape index (κ2) is 5.90. The van der Waals surface area contributed by atoms with Crippen molar-refractivity contribution >= 4 is 17.2 Å². The van der Waals surface area contributed by atoms with Crippen LogP contribution in [0.15, 0.2) is 66.3 Å². The fourth-order valence-corrected chi connectivity index (χ4v) is 3.31. The Kier molecular flexibility index (Phi) is 3.59. The fourth-order valence-electron chi connectivity index (χ4n) is 2.66. The van der Waals surface area contributed by atoms with Gasteiger partial charge in [0.25, 0.3) is 5.91 Å². The molecule has 5 nitrogen and oxygen atoms in total. The molecule has 0 atom stereocenters. The normalized spacial score (nSPS) is 10.9. The van der Waals surface area contributed by atoms with Crippen LogP contribution in [0.25, 0.3) is 16.9 Å². The van der Waals surface area contributed by atoms with Crippen LogP contribution in [-0.2, 0) is 0 Å². The molecule has 4 aromatic rings. The largest absolute Gasteiger partial charge is 0.288 e. The summed E-state index contributed by atoms with van der Waals surface area (Å²) in [5, 5.41) is 10.6. The third-order valence-electron chi connectivity index (χ3n) is 3.85. The second-order valence-corrected chi connectivity index (χ2v) is 6.25. The Morgan fingerprint density at radius 2 is 1.88 bits per heavy atom. The standard InChI is InChI=1S/C18H14N4OS/c1-13-15(12-20-21(13)14-6-3-2-4-7-14)16-9-10-19-22(16)18(23)17-8-5-11-24-17/h2-12H,1H3. The first kappa shape index (κ1) is 14.6. The van der Waals surface area contributed by atoms with Crippen LogP contribution in [0, 0.1) is 6.92 Å². The van der Waals surface area contributed by atoms with E-state index in [1.165, 1.54) is 16.0 Å². The molecular weight excluding hydrogens is 320 g/mol. The van der Waals surface area contributed by atoms with Gasteiger partial charge in [-0.05, 0) is 36.6 Å². The van der Waals surface area contributed by atoms with E-state index in [9.17, 15) is 4.79 Å². The summed E-state index contributed by atoms with van der Waals surface area (Å²) in [6.45, 7) is 1.99. The Hall–Kier alpha value is -2.99. The Balaban J connectivity index is 1.78. The highest BCUT2D eigenvalue weighted by molar-refractivity contribution is 7.12. The Bertz CT molecular complexity index is 983. The predicted molar refractivity (Wildman–Crippen MR) is 93.6 cm³/mol. The van der Waals surface area contributed by atoms with Crippen LogP contribution >= 0.6 is 11.3 Å². The van der Waals surface area contributed by atoms with E-state index in [0.29, 0.717) is 4.88 Å². The third-order valence-corrected chi connectivity index (χ3v) is 4.71. The molecule has 24 heavy (non-hydrogen) atoms. The van der Waals surface area contributed by atoms with Gasteiger partial charge in [-0.15, -0.1) is 11.3 Å². The van der Waals surface area contributed by atoms with Crippen molar-refractivity contribution < 1.29 is 4.79 Å². The first-order chi connectivity index (χ1) is 11.8. The Morgan fingerprint density at radius 1 is 1.04 bits per heavy atom. The van der Waals surface area contributed by atoms with Crippen molar-refractivity contribution in [3.05, 3.63) is 76.9 Å². The van der Waals surface area contributed by atoms with Gasteiger partial charge in [-0.1, -0.05) is 24.3 Å². The Labute approximate surface area is 142 Å². The van der Waals surface area contributed by atoms with E-state index in [0.717, 1.165) is 22.6 Å². The number of rotatable bonds is 3. The maximum absolute atomic E-state index is 12.6. The van der Waals surface area contributed by atoms with E-state index in [1.807, 2.05) is 59.5 Å². The first-order valence-corrected chi connectivity index (χ1v) is 8.36. The number of hydrogen-bond acceptors (Lipinski definition) is 4. The molecule has 1 aromatic carbocycles. The zero-order chi connectivity index (χ0) is 16.5. The molecule has 0 spiro atoms. The molecule has 0 N–H and O–H groups in total. The molecule has 0 bridgehead atoms. The molecule has 118 valence electrons. The van der Waals surface area contributed by atoms with E-state index in [4.69, 9.17) is 0 Å². The van der Waals surface area contributed by atoms with Crippen LogP contribution in [0.2, 0.25) is 0 Å². The molecule has 0 aliphatic rings. The zero-order valence-corrected chi connectivity index (χ0v) is 13.8. The summed E-state index contributed by atoms with van der Waals surface area (Å²) in [5.74, 6) is -0.128. The average molecular weight is 334 g/mol. The van der Waals surface area contributed by atoms with E-state index in [1.54, 1.807) is 18.5 Å². The van der Waals surface area contributed by atoms with Crippen molar-refractivity contribution in [1.82, 2.24) is 19.6 Å². The van der Waals surface area contributed by atoms with Crippen molar-refractivity contribution in [2.75, 3.05) is 0 Å². The van der Waals surface area contributed by atoms with Crippen LogP contribution in [-0.4, -0.2) is 25.5 Å². The smallest absolute Gasteiger partial charge is 0.266 e. The molecule has 4 rings (SSSR count). The van der Waals surface area contributed by atoms with Crippen molar-refractivity contribution in [3.63, 3.8) is 0 Å². The van der Waals surface area contributed by atoms with Crippen LogP contribution in [0.1, 0.15) is 15.4 Å². The quantitative estimate of drug-likeness (QED) is 0.573. The molecule has 0 radical (unpaired) electrons. The molecular formula is C18H14N4OS. The lowest BCUT2D eigenvalue weighted by molar-refractivity contribution is 0.0951. The third kappa shape index (κ3) is 2.37. The summed E-state index contributed by atoms with van der Waals surface area (Å²) < 4.78 is 3.30. The number of carbonyl (C=O) groups excluding carboxylic acids is 1. The highest BCUT2D eigenvalue weighted by atomic mass is 32.1. The van der Waals surface area contributed by atoms with E-state index in [2.05, 4.69) is 10.2 Å². The number of hydrogen-bond donors (Lipinski definition) is 0. The van der Waals surface area contributed by atoms with Crippen LogP contribution in [0.5, 0.6) is 0 Å². The van der Waals surface area contributed by atoms with Crippen LogP contribution in [0.4, 0.5) is 0 Å². The number of carbonyl (C=O) groups is 1. The van der Waals surface area contributed by atoms with Gasteiger partial charge in [0.05, 0.1) is 34.3 Å². The van der Waals surface area contributed by atoms with Crippen molar-refractivity contribution in [2.24, 2.45) is 0 Å². The monoisotopic (exact) mass is 334 g/mol. The highest BCUT2D eigenvalue weighted by Gasteiger charge is 2.19. The average Bonchev–Trinajstić information content (AvgIpc) is 3.35. The highest BCUT2D eigenvalue weighted by Crippen LogP contribution is 2.26. The molecule has 0 saturated heterocycles. The van der Waals surface area contributed by atoms with Gasteiger partial charge in [-0.25, -0.2) is 4.68 Å². The van der Waals surface area contributed by atoms with Crippen molar-refractivity contribution in [3.8, 4) is 16.9 Å². The number of para-hydroxylation sites is 1. The maximum Gasteiger partial charge on any atom is 0.288 e. The maximum atomic E-state index is 12.6. The van der Waals surface area contributed by atoms with Gasteiger partial charge in [-0.3, -0.25) is 4.79 Å². The lowest BCUT2D eigenvalue weighted by atomic mass is 10.2. The minimum atomic E-state index is -0.128. The number of aromatic nitrogens is 4. The van der Waals surface area contributed by atoms with E-state index in [-0.39, 0.29) is 5.91 Å². The van der Waals surface area contributed by atoms with E-state index < -0.39 is 0 Å². The van der Waals surface area contributed by atoms with Gasteiger partial charge in [0.15, 0.2) is 0 Å². The van der Waals surface area contributed by atoms with Gasteiger partial charge in [0, 0.05) is 5.56 Å². The molecule has 6 heteroatoms. The van der Waals surface area contributed by atoms with Gasteiger partial charge < -0.3 is 0 Å². The summed E-state index contributed by atoms with van der Waals surface area (Å²) in [7, 11) is 0. The lowest BCUT2D eigenvalue weighted by Gasteiger charge is -2.07. The molecule has 0 amide bonds. The Morgan fingerprint density at radius 3 is 2.62 bits per heavy atom. The summed E-state index contributed by atoms with van der Waals surface area (Å²) in [6, 6.07) is 15.4. The molecule has 0 fully saturated rings. The fraction of sp³-hybridized carbons (Fsp3) is 0.0556. The SMILES string of the molecule is Cc1c(-c2ccnn2C(=O)c2cccs2)cnn1-c1ccccc1. The molecule has 3 heterocycles. The minimum Gasteiger partial charge on any atom is -0.266 e. The minimum absolute atomic E-state index is 0.128. The van der Waals surface area contributed by atoms with Crippen molar-refractivity contribution in [2.45, 2.75) is 6.92 Å². The van der Waals surface area contributed by atoms with Gasteiger partial charge in [0.1, 0.15) is 0 Å². The number of nitrogens with zero attached hydrogens (tertiary/aromatic N) is 4. The number of benzene rings is 1. The zero-order valence-electron chi connectivity index (χ0n) is 13.0. The lowest BCUT2D eigenvalue weighted by Crippen LogP contribution is -2.13. The first-order valence-electron chi connectivity index (χ1n) is 7.48. The molecule has 3 aromatic heterocycles. The summed E-state index contributed by atoms with van der Waals surface area (Å²) in [6.07, 6.45) is 3.41. The second-order valence-electron chi connectivity index (χ2n) is 5.30. The molecule has 0 aliphatic heterocycles. The summed E-state index contributed by atoms with van der Waals surface area (Å²) in [4.78, 5) is 13.3. The molecule has 0 aliphatic carbocycles. The summed E-state index contributed by atoms with van der Waals surface area (Å²) >= 11 is 1.41. The van der Waals surface area contributed by atoms with E-state index >= 15 is 0 Å².